The van der Waals surface area contributed by atoms with E-state index in [4.69, 9.17) is 0 Å². The highest BCUT2D eigenvalue weighted by molar-refractivity contribution is 7.00. The Bertz CT molecular complexity index is 3330. The van der Waals surface area contributed by atoms with Gasteiger partial charge in [0.1, 0.15) is 0 Å². The van der Waals surface area contributed by atoms with Gasteiger partial charge in [0.05, 0.1) is 11.4 Å². The number of anilines is 6. The van der Waals surface area contributed by atoms with E-state index in [0.29, 0.717) is 5.92 Å². The fraction of sp³-hybridized carbons (Fsp3) is 0.424. The zero-order chi connectivity index (χ0) is 49.6. The molecule has 3 unspecified atom stereocenters. The summed E-state index contributed by atoms with van der Waals surface area (Å²) in [6.45, 7) is 35.6. The Labute approximate surface area is 420 Å². The monoisotopic (exact) mass is 922 g/mol. The Morgan fingerprint density at radius 3 is 1.70 bits per heavy atom. The Balaban J connectivity index is 1.23. The molecular weight excluding hydrogens is 846 g/mol. The molecule has 2 bridgehead atoms. The van der Waals surface area contributed by atoms with Gasteiger partial charge in [-0.1, -0.05) is 171 Å². The molecule has 70 heavy (non-hydrogen) atoms. The van der Waals surface area contributed by atoms with Gasteiger partial charge in [-0.3, -0.25) is 0 Å². The fourth-order valence-corrected chi connectivity index (χ4v) is 14.1. The lowest BCUT2D eigenvalue weighted by Crippen LogP contribution is -2.63. The first-order valence-corrected chi connectivity index (χ1v) is 26.7. The van der Waals surface area contributed by atoms with Crippen molar-refractivity contribution in [3.63, 3.8) is 0 Å². The van der Waals surface area contributed by atoms with Crippen LogP contribution in [0.25, 0.3) is 22.0 Å². The highest BCUT2D eigenvalue weighted by atomic mass is 15.2. The molecule has 7 aromatic rings. The van der Waals surface area contributed by atoms with Gasteiger partial charge in [0.2, 0.25) is 0 Å². The number of aromatic nitrogens is 1. The molecule has 5 aliphatic rings. The molecule has 0 N–H and O–H groups in total. The van der Waals surface area contributed by atoms with Crippen molar-refractivity contribution in [1.29, 1.82) is 0 Å². The van der Waals surface area contributed by atoms with E-state index >= 15 is 0 Å². The molecule has 6 aromatic carbocycles. The SMILES string of the molecule is Cn1c2c(c3cc(C(C)(C)C)ccc31)N(c1cccc3c1-c1ccc(C(C)(C)C)cc1C31CC3CCC1C3)c1cc(C(C)(C)C)cc3c1B2c1ccc(C(C)(C)C)cc1N3c1ccc(C(C)(C)C)cc1. The molecule has 2 aliphatic heterocycles. The van der Waals surface area contributed by atoms with Crippen molar-refractivity contribution in [1.82, 2.24) is 4.57 Å². The minimum atomic E-state index is -0.123. The lowest BCUT2D eigenvalue weighted by Gasteiger charge is -2.45. The number of fused-ring (bicyclic) bond motifs is 14. The van der Waals surface area contributed by atoms with Crippen molar-refractivity contribution < 1.29 is 0 Å². The summed E-state index contributed by atoms with van der Waals surface area (Å²) in [5.74, 6) is 1.46. The third-order valence-corrected chi connectivity index (χ3v) is 18.0. The van der Waals surface area contributed by atoms with Crippen LogP contribution in [-0.2, 0) is 39.5 Å². The first-order chi connectivity index (χ1) is 32.8. The molecule has 0 saturated heterocycles. The van der Waals surface area contributed by atoms with E-state index in [0.717, 1.165) is 5.92 Å². The van der Waals surface area contributed by atoms with Crippen LogP contribution in [0.15, 0.2) is 109 Å². The molecule has 12 rings (SSSR count). The summed E-state index contributed by atoms with van der Waals surface area (Å²) < 4.78 is 2.58. The average molecular weight is 922 g/mol. The van der Waals surface area contributed by atoms with Crippen LogP contribution >= 0.6 is 0 Å². The summed E-state index contributed by atoms with van der Waals surface area (Å²) >= 11 is 0. The first kappa shape index (κ1) is 45.6. The van der Waals surface area contributed by atoms with E-state index in [9.17, 15) is 0 Å². The van der Waals surface area contributed by atoms with E-state index in [1.54, 1.807) is 11.1 Å². The summed E-state index contributed by atoms with van der Waals surface area (Å²) in [5, 5.41) is 1.33. The summed E-state index contributed by atoms with van der Waals surface area (Å²) in [5.41, 5.74) is 26.1. The number of nitrogens with zero attached hydrogens (tertiary/aromatic N) is 3. The summed E-state index contributed by atoms with van der Waals surface area (Å²) in [6.07, 6.45) is 5.31. The molecule has 0 amide bonds. The zero-order valence-corrected chi connectivity index (χ0v) is 45.3. The van der Waals surface area contributed by atoms with Crippen molar-refractivity contribution in [3.8, 4) is 11.1 Å². The molecule has 3 aliphatic carbocycles. The second-order valence-electron chi connectivity index (χ2n) is 27.6. The van der Waals surface area contributed by atoms with Crippen LogP contribution in [0.5, 0.6) is 0 Å². The molecule has 1 spiro atoms. The molecule has 4 heteroatoms. The molecule has 2 fully saturated rings. The van der Waals surface area contributed by atoms with Crippen LogP contribution in [0.1, 0.15) is 168 Å². The van der Waals surface area contributed by atoms with Gasteiger partial charge < -0.3 is 14.4 Å². The molecule has 358 valence electrons. The largest absolute Gasteiger partial charge is 0.353 e. The summed E-state index contributed by atoms with van der Waals surface area (Å²) in [6, 6.07) is 44.7. The predicted molar refractivity (Wildman–Crippen MR) is 302 cm³/mol. The maximum Gasteiger partial charge on any atom is 0.272 e. The van der Waals surface area contributed by atoms with Gasteiger partial charge in [0, 0.05) is 57.3 Å². The van der Waals surface area contributed by atoms with Crippen LogP contribution in [0.3, 0.4) is 0 Å². The van der Waals surface area contributed by atoms with Crippen molar-refractivity contribution in [2.75, 3.05) is 9.80 Å². The van der Waals surface area contributed by atoms with E-state index in [1.165, 1.54) is 126 Å². The normalized spacial score (nSPS) is 20.3. The van der Waals surface area contributed by atoms with Crippen molar-refractivity contribution in [2.45, 2.75) is 162 Å². The molecule has 1 aromatic heterocycles. The minimum Gasteiger partial charge on any atom is -0.353 e. The number of aryl methyl sites for hydroxylation is 1. The van der Waals surface area contributed by atoms with Crippen LogP contribution in [0.4, 0.5) is 34.1 Å². The number of rotatable bonds is 2. The topological polar surface area (TPSA) is 11.4 Å². The third-order valence-electron chi connectivity index (χ3n) is 18.0. The number of hydrogen-bond donors (Lipinski definition) is 0. The quantitative estimate of drug-likeness (QED) is 0.160. The summed E-state index contributed by atoms with van der Waals surface area (Å²) in [7, 11) is 2.36. The second kappa shape index (κ2) is 14.6. The van der Waals surface area contributed by atoms with Crippen LogP contribution in [0.2, 0.25) is 0 Å². The lowest BCUT2D eigenvalue weighted by atomic mass is 9.34. The van der Waals surface area contributed by atoms with Gasteiger partial charge >= 0.3 is 0 Å². The van der Waals surface area contributed by atoms with Gasteiger partial charge in [-0.2, -0.15) is 0 Å². The Kier molecular flexibility index (Phi) is 9.51. The van der Waals surface area contributed by atoms with Gasteiger partial charge in [-0.25, -0.2) is 0 Å². The molecule has 3 atom stereocenters. The second-order valence-corrected chi connectivity index (χ2v) is 27.6. The van der Waals surface area contributed by atoms with E-state index in [2.05, 4.69) is 234 Å². The zero-order valence-electron chi connectivity index (χ0n) is 45.3. The highest BCUT2D eigenvalue weighted by Gasteiger charge is 2.58. The number of hydrogen-bond acceptors (Lipinski definition) is 2. The fourth-order valence-electron chi connectivity index (χ4n) is 14.1. The van der Waals surface area contributed by atoms with Gasteiger partial charge in [0.25, 0.3) is 6.71 Å². The maximum atomic E-state index is 2.80. The Morgan fingerprint density at radius 1 is 0.514 bits per heavy atom. The molecule has 0 radical (unpaired) electrons. The van der Waals surface area contributed by atoms with Gasteiger partial charge in [-0.05, 0) is 162 Å². The first-order valence-electron chi connectivity index (χ1n) is 26.7. The third kappa shape index (κ3) is 6.45. The van der Waals surface area contributed by atoms with Crippen LogP contribution in [0, 0.1) is 11.8 Å². The molecule has 3 heterocycles. The standard InChI is InChI=1S/C66H76BN3/c1-61(2,3)40-22-27-46(28-23-40)69-54-35-43(64(10,11)12)25-30-51(54)67-58-55(69)36-45(65(13,14)15)37-56(58)70(59-48-33-41(62(4,5)6)26-31-52(48)68(16)60(59)67)53-19-17-18-49-57(53)47-29-24-42(63(7,8)9)34-50(47)66(49)38-39-20-21-44(66)32-39/h17-19,22-31,33-37,39,44H,20-21,32,38H2,1-16H3. The molecule has 3 nitrogen and oxygen atoms in total. The average Bonchev–Trinajstić information content (AvgIpc) is 4.05. The van der Waals surface area contributed by atoms with Crippen LogP contribution < -0.4 is 26.3 Å². The highest BCUT2D eigenvalue weighted by Crippen LogP contribution is 2.68. The van der Waals surface area contributed by atoms with E-state index in [-0.39, 0.29) is 39.2 Å². The Hall–Kier alpha value is -5.48. The van der Waals surface area contributed by atoms with Crippen molar-refractivity contribution in [2.24, 2.45) is 18.9 Å². The van der Waals surface area contributed by atoms with Gasteiger partial charge in [0.15, 0.2) is 0 Å². The van der Waals surface area contributed by atoms with E-state index < -0.39 is 0 Å². The maximum absolute atomic E-state index is 2.80. The van der Waals surface area contributed by atoms with E-state index in [1.807, 2.05) is 0 Å². The summed E-state index contributed by atoms with van der Waals surface area (Å²) in [4.78, 5) is 5.45. The molecular formula is C66H76BN3. The van der Waals surface area contributed by atoms with Crippen LogP contribution in [-0.4, -0.2) is 11.3 Å². The lowest BCUT2D eigenvalue weighted by molar-refractivity contribution is 0.326. The molecule has 2 saturated carbocycles. The minimum absolute atomic E-state index is 0.00479. The Morgan fingerprint density at radius 2 is 1.09 bits per heavy atom. The predicted octanol–water partition coefficient (Wildman–Crippen LogP) is 15.8. The van der Waals surface area contributed by atoms with Crippen molar-refractivity contribution >= 4 is 68.3 Å². The van der Waals surface area contributed by atoms with Gasteiger partial charge in [-0.15, -0.1) is 0 Å². The smallest absolute Gasteiger partial charge is 0.272 e. The van der Waals surface area contributed by atoms with Crippen molar-refractivity contribution in [3.05, 3.63) is 148 Å². The number of benzene rings is 6.